The second kappa shape index (κ2) is 9.42. The fourth-order valence-electron chi connectivity index (χ4n) is 4.07. The molecule has 4 aromatic rings. The van der Waals surface area contributed by atoms with Crippen molar-refractivity contribution in [1.82, 2.24) is 19.9 Å². The van der Waals surface area contributed by atoms with E-state index in [1.54, 1.807) is 18.6 Å². The quantitative estimate of drug-likeness (QED) is 0.439. The first kappa shape index (κ1) is 21.2. The van der Waals surface area contributed by atoms with Crippen LogP contribution in [-0.4, -0.2) is 46.1 Å². The Morgan fingerprint density at radius 1 is 1.12 bits per heavy atom. The van der Waals surface area contributed by atoms with Gasteiger partial charge in [0.25, 0.3) is 0 Å². The Hall–Kier alpha value is -3.71. The SMILES string of the molecule is C/C=C(/Nc1cc2cc(-c3cnco3)cnc2cn1)c1cccc(OC2CCN(C)CC2)c1. The molecule has 33 heavy (non-hydrogen) atoms. The molecule has 0 radical (unpaired) electrons. The van der Waals surface area contributed by atoms with Crippen molar-refractivity contribution in [3.8, 4) is 17.1 Å². The van der Waals surface area contributed by atoms with Crippen molar-refractivity contribution in [2.75, 3.05) is 25.5 Å². The second-order valence-corrected chi connectivity index (χ2v) is 8.33. The lowest BCUT2D eigenvalue weighted by Crippen LogP contribution is -2.35. The molecule has 1 aliphatic heterocycles. The first-order valence-corrected chi connectivity index (χ1v) is 11.2. The molecule has 0 amide bonds. The molecule has 0 spiro atoms. The van der Waals surface area contributed by atoms with E-state index in [1.807, 2.05) is 37.3 Å². The van der Waals surface area contributed by atoms with Crippen LogP contribution in [-0.2, 0) is 0 Å². The van der Waals surface area contributed by atoms with E-state index >= 15 is 0 Å². The van der Waals surface area contributed by atoms with Crippen molar-refractivity contribution in [2.24, 2.45) is 0 Å². The molecule has 1 saturated heterocycles. The summed E-state index contributed by atoms with van der Waals surface area (Å²) in [6, 6.07) is 12.2. The molecule has 7 nitrogen and oxygen atoms in total. The van der Waals surface area contributed by atoms with Crippen molar-refractivity contribution in [3.63, 3.8) is 0 Å². The number of rotatable bonds is 6. The number of hydrogen-bond donors (Lipinski definition) is 1. The summed E-state index contributed by atoms with van der Waals surface area (Å²) in [6.07, 6.45) is 11.1. The van der Waals surface area contributed by atoms with Gasteiger partial charge in [-0.3, -0.25) is 4.98 Å². The molecule has 1 aliphatic rings. The van der Waals surface area contributed by atoms with Gasteiger partial charge in [0, 0.05) is 41.5 Å². The van der Waals surface area contributed by atoms with Gasteiger partial charge in [0.05, 0.1) is 17.9 Å². The zero-order valence-electron chi connectivity index (χ0n) is 18.9. The van der Waals surface area contributed by atoms with Gasteiger partial charge in [-0.2, -0.15) is 0 Å². The zero-order chi connectivity index (χ0) is 22.6. The molecule has 0 atom stereocenters. The first-order valence-electron chi connectivity index (χ1n) is 11.2. The zero-order valence-corrected chi connectivity index (χ0v) is 18.9. The average molecular weight is 442 g/mol. The number of nitrogens with zero attached hydrogens (tertiary/aromatic N) is 4. The third-order valence-corrected chi connectivity index (χ3v) is 5.95. The number of nitrogens with one attached hydrogen (secondary N) is 1. The number of allylic oxidation sites excluding steroid dienone is 1. The standard InChI is InChI=1S/C26H27N5O2/c1-3-23(18-5-4-6-22(12-18)33-21-7-9-31(2)10-8-21)30-26-13-19-11-20(25-16-27-17-32-25)14-28-24(19)15-29-26/h3-6,11-17,21H,7-10H2,1-2H3,(H,29,30)/b23-3+. The molecule has 1 aromatic carbocycles. The van der Waals surface area contributed by atoms with Crippen LogP contribution in [0, 0.1) is 0 Å². The number of anilines is 1. The van der Waals surface area contributed by atoms with Gasteiger partial charge >= 0.3 is 0 Å². The fourth-order valence-corrected chi connectivity index (χ4v) is 4.07. The lowest BCUT2D eigenvalue weighted by Gasteiger charge is -2.29. The summed E-state index contributed by atoms with van der Waals surface area (Å²) in [5.41, 5.74) is 3.72. The maximum absolute atomic E-state index is 6.28. The highest BCUT2D eigenvalue weighted by molar-refractivity contribution is 5.86. The number of benzene rings is 1. The van der Waals surface area contributed by atoms with Crippen molar-refractivity contribution in [1.29, 1.82) is 0 Å². The number of piperidine rings is 1. The normalized spacial score (nSPS) is 15.6. The summed E-state index contributed by atoms with van der Waals surface area (Å²) < 4.78 is 11.7. The smallest absolute Gasteiger partial charge is 0.181 e. The molecule has 0 aliphatic carbocycles. The molecule has 7 heteroatoms. The third-order valence-electron chi connectivity index (χ3n) is 5.95. The summed E-state index contributed by atoms with van der Waals surface area (Å²) in [5, 5.41) is 4.42. The van der Waals surface area contributed by atoms with E-state index in [4.69, 9.17) is 9.15 Å². The van der Waals surface area contributed by atoms with E-state index in [2.05, 4.69) is 44.3 Å². The summed E-state index contributed by atoms with van der Waals surface area (Å²) in [4.78, 5) is 15.4. The number of pyridine rings is 2. The summed E-state index contributed by atoms with van der Waals surface area (Å²) in [7, 11) is 2.16. The van der Waals surface area contributed by atoms with Gasteiger partial charge in [0.2, 0.25) is 0 Å². The van der Waals surface area contributed by atoms with Gasteiger partial charge in [0.1, 0.15) is 17.7 Å². The van der Waals surface area contributed by atoms with E-state index in [0.29, 0.717) is 5.76 Å². The Kier molecular flexibility index (Phi) is 6.04. The third kappa shape index (κ3) is 4.88. The molecule has 1 N–H and O–H groups in total. The van der Waals surface area contributed by atoms with Gasteiger partial charge in [0.15, 0.2) is 12.2 Å². The Balaban J connectivity index is 1.34. The van der Waals surface area contributed by atoms with Crippen LogP contribution in [0.25, 0.3) is 27.9 Å². The maximum Gasteiger partial charge on any atom is 0.181 e. The predicted molar refractivity (Wildman–Crippen MR) is 130 cm³/mol. The van der Waals surface area contributed by atoms with E-state index in [-0.39, 0.29) is 6.10 Å². The molecule has 0 unspecified atom stereocenters. The summed E-state index contributed by atoms with van der Waals surface area (Å²) in [6.45, 7) is 4.16. The van der Waals surface area contributed by atoms with Crippen LogP contribution < -0.4 is 10.1 Å². The Labute approximate surface area is 193 Å². The first-order chi connectivity index (χ1) is 16.2. The van der Waals surface area contributed by atoms with Gasteiger partial charge in [-0.25, -0.2) is 9.97 Å². The highest BCUT2D eigenvalue weighted by Crippen LogP contribution is 2.27. The molecule has 0 saturated carbocycles. The van der Waals surface area contributed by atoms with E-state index in [0.717, 1.165) is 65.2 Å². The summed E-state index contributed by atoms with van der Waals surface area (Å²) in [5.74, 6) is 2.33. The minimum absolute atomic E-state index is 0.270. The number of hydrogen-bond acceptors (Lipinski definition) is 7. The molecule has 0 bridgehead atoms. The van der Waals surface area contributed by atoms with Gasteiger partial charge < -0.3 is 19.4 Å². The van der Waals surface area contributed by atoms with Gasteiger partial charge in [-0.1, -0.05) is 18.2 Å². The van der Waals surface area contributed by atoms with Gasteiger partial charge in [-0.05, 0) is 51.1 Å². The average Bonchev–Trinajstić information content (AvgIpc) is 3.39. The van der Waals surface area contributed by atoms with Crippen LogP contribution >= 0.6 is 0 Å². The molecule has 4 heterocycles. The second-order valence-electron chi connectivity index (χ2n) is 8.33. The number of oxazole rings is 1. The summed E-state index contributed by atoms with van der Waals surface area (Å²) >= 11 is 0. The van der Waals surface area contributed by atoms with Crippen molar-refractivity contribution < 1.29 is 9.15 Å². The highest BCUT2D eigenvalue weighted by atomic mass is 16.5. The van der Waals surface area contributed by atoms with Crippen molar-refractivity contribution in [2.45, 2.75) is 25.9 Å². The Morgan fingerprint density at radius 3 is 2.79 bits per heavy atom. The minimum Gasteiger partial charge on any atom is -0.490 e. The number of ether oxygens (including phenoxy) is 1. The number of fused-ring (bicyclic) bond motifs is 1. The van der Waals surface area contributed by atoms with Crippen molar-refractivity contribution >= 4 is 22.4 Å². The van der Waals surface area contributed by atoms with Crippen molar-refractivity contribution in [3.05, 3.63) is 73.0 Å². The molecule has 5 rings (SSSR count). The molecular weight excluding hydrogens is 414 g/mol. The van der Waals surface area contributed by atoms with Crippen LogP contribution in [0.15, 0.2) is 71.9 Å². The molecular formula is C26H27N5O2. The Bertz CT molecular complexity index is 1260. The van der Waals surface area contributed by atoms with E-state index in [1.165, 1.54) is 6.39 Å². The lowest BCUT2D eigenvalue weighted by atomic mass is 10.1. The molecule has 168 valence electrons. The van der Waals surface area contributed by atoms with E-state index < -0.39 is 0 Å². The van der Waals surface area contributed by atoms with Crippen LogP contribution in [0.5, 0.6) is 5.75 Å². The monoisotopic (exact) mass is 441 g/mol. The van der Waals surface area contributed by atoms with Crippen LogP contribution in [0.4, 0.5) is 5.82 Å². The maximum atomic E-state index is 6.28. The Morgan fingerprint density at radius 2 is 2.00 bits per heavy atom. The highest BCUT2D eigenvalue weighted by Gasteiger charge is 2.18. The molecule has 1 fully saturated rings. The fraction of sp³-hybridized carbons (Fsp3) is 0.269. The van der Waals surface area contributed by atoms with Crippen LogP contribution in [0.1, 0.15) is 25.3 Å². The van der Waals surface area contributed by atoms with Crippen LogP contribution in [0.3, 0.4) is 0 Å². The van der Waals surface area contributed by atoms with Crippen LogP contribution in [0.2, 0.25) is 0 Å². The largest absolute Gasteiger partial charge is 0.490 e. The number of likely N-dealkylation sites (tertiary alicyclic amines) is 1. The minimum atomic E-state index is 0.270. The number of aromatic nitrogens is 3. The predicted octanol–water partition coefficient (Wildman–Crippen LogP) is 5.23. The lowest BCUT2D eigenvalue weighted by molar-refractivity contribution is 0.114. The molecule has 3 aromatic heterocycles. The topological polar surface area (TPSA) is 76.3 Å². The van der Waals surface area contributed by atoms with E-state index in [9.17, 15) is 0 Å². The van der Waals surface area contributed by atoms with Gasteiger partial charge in [-0.15, -0.1) is 0 Å².